The Kier molecular flexibility index (Phi) is 2.64. The maximum absolute atomic E-state index is 9.89. The molecule has 0 saturated carbocycles. The van der Waals surface area contributed by atoms with E-state index in [1.807, 2.05) is 16.8 Å². The van der Waals surface area contributed by atoms with Gasteiger partial charge in [-0.2, -0.15) is 0 Å². The number of aliphatic hydroxyl groups excluding tert-OH is 1. The minimum atomic E-state index is -0.524. The number of aromatic hydroxyl groups is 1. The summed E-state index contributed by atoms with van der Waals surface area (Å²) in [5, 5.41) is 20.5. The second kappa shape index (κ2) is 3.83. The summed E-state index contributed by atoms with van der Waals surface area (Å²) >= 11 is 0. The number of nitrogens with zero attached hydrogens (tertiary/aromatic N) is 1. The number of aromatic nitrogens is 1. The molecule has 0 aliphatic heterocycles. The summed E-state index contributed by atoms with van der Waals surface area (Å²) < 4.78 is 1.99. The third-order valence-corrected chi connectivity index (χ3v) is 2.87. The molecule has 0 radical (unpaired) electrons. The summed E-state index contributed by atoms with van der Waals surface area (Å²) in [7, 11) is 0. The zero-order valence-corrected chi connectivity index (χ0v) is 9.81. The van der Waals surface area contributed by atoms with E-state index in [4.69, 9.17) is 0 Å². The van der Waals surface area contributed by atoms with Gasteiger partial charge in [0, 0.05) is 23.2 Å². The summed E-state index contributed by atoms with van der Waals surface area (Å²) in [6, 6.07) is 5.65. The minimum absolute atomic E-state index is 0.253. The van der Waals surface area contributed by atoms with E-state index in [1.54, 1.807) is 19.1 Å². The second-order valence-electron chi connectivity index (χ2n) is 4.43. The van der Waals surface area contributed by atoms with Crippen molar-refractivity contribution >= 4 is 10.9 Å². The number of para-hydroxylation sites is 1. The Bertz CT molecular complexity index is 512. The van der Waals surface area contributed by atoms with E-state index < -0.39 is 6.10 Å². The SMILES string of the molecule is CC(O)c1cn(C(C)C)c2c(O)cccc12. The predicted molar refractivity (Wildman–Crippen MR) is 64.6 cm³/mol. The van der Waals surface area contributed by atoms with Crippen LogP contribution in [0.4, 0.5) is 0 Å². The summed E-state index contributed by atoms with van der Waals surface area (Å²) in [5.74, 6) is 0.262. The van der Waals surface area contributed by atoms with Gasteiger partial charge in [0.15, 0.2) is 0 Å². The number of phenolic OH excluding ortho intramolecular Hbond substituents is 1. The highest BCUT2D eigenvalue weighted by Crippen LogP contribution is 2.33. The Hall–Kier alpha value is -1.48. The van der Waals surface area contributed by atoms with Gasteiger partial charge in [-0.15, -0.1) is 0 Å². The molecule has 0 amide bonds. The highest BCUT2D eigenvalue weighted by molar-refractivity contribution is 5.89. The number of hydrogen-bond acceptors (Lipinski definition) is 2. The normalized spacial score (nSPS) is 13.6. The summed E-state index contributed by atoms with van der Waals surface area (Å²) in [6.07, 6.45) is 1.39. The lowest BCUT2D eigenvalue weighted by atomic mass is 10.1. The molecule has 2 rings (SSSR count). The molecule has 3 heteroatoms. The maximum atomic E-state index is 9.89. The van der Waals surface area contributed by atoms with Crippen molar-refractivity contribution in [1.29, 1.82) is 0 Å². The minimum Gasteiger partial charge on any atom is -0.506 e. The lowest BCUT2D eigenvalue weighted by Crippen LogP contribution is -1.98. The van der Waals surface area contributed by atoms with E-state index in [0.29, 0.717) is 0 Å². The molecule has 2 N–H and O–H groups in total. The monoisotopic (exact) mass is 219 g/mol. The molecule has 1 aromatic heterocycles. The summed E-state index contributed by atoms with van der Waals surface area (Å²) in [6.45, 7) is 5.85. The molecular formula is C13H17NO2. The molecular weight excluding hydrogens is 202 g/mol. The fourth-order valence-electron chi connectivity index (χ4n) is 2.06. The number of rotatable bonds is 2. The van der Waals surface area contributed by atoms with Crippen LogP contribution in [0.1, 0.15) is 38.5 Å². The van der Waals surface area contributed by atoms with E-state index in [-0.39, 0.29) is 11.8 Å². The molecule has 0 aliphatic carbocycles. The molecule has 0 spiro atoms. The largest absolute Gasteiger partial charge is 0.506 e. The molecule has 1 heterocycles. The fraction of sp³-hybridized carbons (Fsp3) is 0.385. The van der Waals surface area contributed by atoms with Crippen molar-refractivity contribution in [2.45, 2.75) is 32.9 Å². The molecule has 86 valence electrons. The molecule has 0 bridgehead atoms. The van der Waals surface area contributed by atoms with Crippen LogP contribution in [0.25, 0.3) is 10.9 Å². The number of hydrogen-bond donors (Lipinski definition) is 2. The lowest BCUT2D eigenvalue weighted by Gasteiger charge is -2.09. The van der Waals surface area contributed by atoms with Gasteiger partial charge in [0.2, 0.25) is 0 Å². The van der Waals surface area contributed by atoms with E-state index >= 15 is 0 Å². The first-order chi connectivity index (χ1) is 7.52. The standard InChI is InChI=1S/C13H17NO2/c1-8(2)14-7-11(9(3)15)10-5-4-6-12(16)13(10)14/h4-9,15-16H,1-3H3. The Morgan fingerprint density at radius 1 is 1.19 bits per heavy atom. The molecule has 3 nitrogen and oxygen atoms in total. The van der Waals surface area contributed by atoms with Gasteiger partial charge in [0.1, 0.15) is 5.75 Å². The highest BCUT2D eigenvalue weighted by atomic mass is 16.3. The first-order valence-corrected chi connectivity index (χ1v) is 5.53. The summed E-state index contributed by atoms with van der Waals surface area (Å²) in [4.78, 5) is 0. The van der Waals surface area contributed by atoms with Gasteiger partial charge in [-0.1, -0.05) is 12.1 Å². The smallest absolute Gasteiger partial charge is 0.139 e. The highest BCUT2D eigenvalue weighted by Gasteiger charge is 2.15. The van der Waals surface area contributed by atoms with Crippen LogP contribution in [0.15, 0.2) is 24.4 Å². The van der Waals surface area contributed by atoms with Gasteiger partial charge in [-0.05, 0) is 26.8 Å². The molecule has 1 aromatic carbocycles. The van der Waals surface area contributed by atoms with Crippen LogP contribution in [0.2, 0.25) is 0 Å². The van der Waals surface area contributed by atoms with Crippen molar-refractivity contribution in [3.8, 4) is 5.75 Å². The maximum Gasteiger partial charge on any atom is 0.139 e. The van der Waals surface area contributed by atoms with E-state index in [0.717, 1.165) is 16.5 Å². The van der Waals surface area contributed by atoms with Gasteiger partial charge in [-0.3, -0.25) is 0 Å². The van der Waals surface area contributed by atoms with Crippen molar-refractivity contribution in [3.05, 3.63) is 30.0 Å². The number of aliphatic hydroxyl groups is 1. The third-order valence-electron chi connectivity index (χ3n) is 2.87. The van der Waals surface area contributed by atoms with Gasteiger partial charge in [0.25, 0.3) is 0 Å². The van der Waals surface area contributed by atoms with Gasteiger partial charge in [0.05, 0.1) is 11.6 Å². The van der Waals surface area contributed by atoms with Crippen LogP contribution < -0.4 is 0 Å². The Labute approximate surface area is 94.9 Å². The van der Waals surface area contributed by atoms with Crippen molar-refractivity contribution in [1.82, 2.24) is 4.57 Å². The van der Waals surface area contributed by atoms with Crippen LogP contribution in [0.3, 0.4) is 0 Å². The zero-order chi connectivity index (χ0) is 11.9. The van der Waals surface area contributed by atoms with Gasteiger partial charge < -0.3 is 14.8 Å². The van der Waals surface area contributed by atoms with Crippen LogP contribution in [0, 0.1) is 0 Å². The average molecular weight is 219 g/mol. The van der Waals surface area contributed by atoms with E-state index in [2.05, 4.69) is 13.8 Å². The van der Waals surface area contributed by atoms with Gasteiger partial charge >= 0.3 is 0 Å². The van der Waals surface area contributed by atoms with Crippen molar-refractivity contribution in [3.63, 3.8) is 0 Å². The Balaban J connectivity index is 2.82. The third kappa shape index (κ3) is 1.57. The molecule has 1 atom stereocenters. The number of fused-ring (bicyclic) bond motifs is 1. The number of benzene rings is 1. The molecule has 2 aromatic rings. The molecule has 0 saturated heterocycles. The summed E-state index contributed by atoms with van der Waals surface area (Å²) in [5.41, 5.74) is 1.66. The zero-order valence-electron chi connectivity index (χ0n) is 9.81. The quantitative estimate of drug-likeness (QED) is 0.815. The van der Waals surface area contributed by atoms with Crippen molar-refractivity contribution in [2.75, 3.05) is 0 Å². The van der Waals surface area contributed by atoms with Crippen LogP contribution in [0.5, 0.6) is 5.75 Å². The Morgan fingerprint density at radius 2 is 1.88 bits per heavy atom. The molecule has 0 fully saturated rings. The van der Waals surface area contributed by atoms with Crippen LogP contribution in [-0.4, -0.2) is 14.8 Å². The average Bonchev–Trinajstić information content (AvgIpc) is 2.58. The van der Waals surface area contributed by atoms with Crippen LogP contribution in [-0.2, 0) is 0 Å². The van der Waals surface area contributed by atoms with E-state index in [9.17, 15) is 10.2 Å². The fourth-order valence-corrected chi connectivity index (χ4v) is 2.06. The lowest BCUT2D eigenvalue weighted by molar-refractivity contribution is 0.200. The predicted octanol–water partition coefficient (Wildman–Crippen LogP) is 2.98. The van der Waals surface area contributed by atoms with Crippen LogP contribution >= 0.6 is 0 Å². The molecule has 16 heavy (non-hydrogen) atoms. The van der Waals surface area contributed by atoms with Crippen molar-refractivity contribution < 1.29 is 10.2 Å². The second-order valence-corrected chi connectivity index (χ2v) is 4.43. The van der Waals surface area contributed by atoms with E-state index in [1.165, 1.54) is 0 Å². The first-order valence-electron chi connectivity index (χ1n) is 5.53. The molecule has 1 unspecified atom stereocenters. The number of phenols is 1. The Morgan fingerprint density at radius 3 is 2.44 bits per heavy atom. The van der Waals surface area contributed by atoms with Gasteiger partial charge in [-0.25, -0.2) is 0 Å². The molecule has 0 aliphatic rings. The first kappa shape index (κ1) is 11.0. The topological polar surface area (TPSA) is 45.4 Å². The van der Waals surface area contributed by atoms with Crippen molar-refractivity contribution in [2.24, 2.45) is 0 Å².